The lowest BCUT2D eigenvalue weighted by Crippen LogP contribution is -2.48. The van der Waals surface area contributed by atoms with Crippen molar-refractivity contribution >= 4 is 46.1 Å². The lowest BCUT2D eigenvalue weighted by Gasteiger charge is -2.31. The average molecular weight is 489 g/mol. The van der Waals surface area contributed by atoms with Gasteiger partial charge in [-0.3, -0.25) is 4.99 Å². The summed E-state index contributed by atoms with van der Waals surface area (Å²) >= 11 is 0. The zero-order valence-corrected chi connectivity index (χ0v) is 17.7. The number of nitrogens with two attached hydrogens (primary N) is 1. The number of carbonyl (C=O) groups excluding carboxylic acids is 1. The van der Waals surface area contributed by atoms with Crippen LogP contribution in [-0.2, 0) is 14.8 Å². The number of amides is 1. The Bertz CT molecular complexity index is 564. The van der Waals surface area contributed by atoms with E-state index in [4.69, 9.17) is 10.5 Å². The number of sulfonamides is 1. The monoisotopic (exact) mass is 489 g/mol. The van der Waals surface area contributed by atoms with Crippen LogP contribution >= 0.6 is 24.0 Å². The predicted molar refractivity (Wildman–Crippen MR) is 107 cm³/mol. The molecular formula is C14H28IN5O4S. The first-order chi connectivity index (χ1) is 11.4. The van der Waals surface area contributed by atoms with Crippen LogP contribution in [0.25, 0.3) is 0 Å². The Morgan fingerprint density at radius 2 is 2.00 bits per heavy atom. The number of hydrogen-bond donors (Lipinski definition) is 2. The molecular weight excluding hydrogens is 461 g/mol. The van der Waals surface area contributed by atoms with Crippen molar-refractivity contribution in [1.82, 2.24) is 14.5 Å². The van der Waals surface area contributed by atoms with E-state index in [2.05, 4.69) is 10.3 Å². The van der Waals surface area contributed by atoms with E-state index in [1.165, 1.54) is 4.31 Å². The molecule has 0 saturated carbocycles. The normalized spacial score (nSPS) is 21.6. The second-order valence-electron chi connectivity index (χ2n) is 5.94. The highest BCUT2D eigenvalue weighted by Gasteiger charge is 2.27. The summed E-state index contributed by atoms with van der Waals surface area (Å²) in [5.41, 5.74) is 5.86. The summed E-state index contributed by atoms with van der Waals surface area (Å²) in [5.74, 6) is 0.546. The van der Waals surface area contributed by atoms with Crippen LogP contribution in [-0.4, -0.2) is 80.8 Å². The summed E-state index contributed by atoms with van der Waals surface area (Å²) in [7, 11) is -3.08. The Kier molecular flexibility index (Phi) is 9.21. The summed E-state index contributed by atoms with van der Waals surface area (Å²) in [6, 6.07) is 0.162. The molecule has 2 rings (SSSR count). The fourth-order valence-corrected chi connectivity index (χ4v) is 4.42. The molecule has 11 heteroatoms. The molecule has 2 aliphatic heterocycles. The van der Waals surface area contributed by atoms with Gasteiger partial charge in [0.25, 0.3) is 0 Å². The Balaban J connectivity index is 0.00000312. The van der Waals surface area contributed by atoms with E-state index in [0.29, 0.717) is 51.7 Å². The smallest absolute Gasteiger partial charge is 0.409 e. The van der Waals surface area contributed by atoms with Crippen molar-refractivity contribution in [2.24, 2.45) is 10.7 Å². The van der Waals surface area contributed by atoms with Gasteiger partial charge in [-0.25, -0.2) is 17.5 Å². The maximum Gasteiger partial charge on any atom is 0.409 e. The van der Waals surface area contributed by atoms with Crippen LogP contribution < -0.4 is 11.1 Å². The van der Waals surface area contributed by atoms with Crippen molar-refractivity contribution < 1.29 is 17.9 Å². The fraction of sp³-hybridized carbons (Fsp3) is 0.857. The summed E-state index contributed by atoms with van der Waals surface area (Å²) in [6.07, 6.45) is 1.95. The number of carbonyl (C=O) groups is 1. The van der Waals surface area contributed by atoms with Gasteiger partial charge in [0.15, 0.2) is 5.96 Å². The number of ether oxygens (including phenoxy) is 1. The molecule has 0 aromatic rings. The molecule has 2 fully saturated rings. The number of guanidine groups is 1. The van der Waals surface area contributed by atoms with Gasteiger partial charge >= 0.3 is 6.09 Å². The highest BCUT2D eigenvalue weighted by atomic mass is 127. The van der Waals surface area contributed by atoms with Crippen LogP contribution in [0.4, 0.5) is 4.79 Å². The number of nitrogens with one attached hydrogen (secondary N) is 1. The maximum atomic E-state index is 11.7. The van der Waals surface area contributed by atoms with Crippen molar-refractivity contribution in [2.75, 3.05) is 45.1 Å². The van der Waals surface area contributed by atoms with Gasteiger partial charge in [-0.05, 0) is 26.2 Å². The molecule has 0 aliphatic carbocycles. The lowest BCUT2D eigenvalue weighted by atomic mass is 10.1. The van der Waals surface area contributed by atoms with E-state index >= 15 is 0 Å². The van der Waals surface area contributed by atoms with Crippen LogP contribution in [0.1, 0.15) is 26.2 Å². The predicted octanol–water partition coefficient (Wildman–Crippen LogP) is 0.165. The minimum Gasteiger partial charge on any atom is -0.450 e. The number of likely N-dealkylation sites (tertiary alicyclic amines) is 1. The van der Waals surface area contributed by atoms with E-state index in [1.807, 2.05) is 0 Å². The van der Waals surface area contributed by atoms with Gasteiger partial charge < -0.3 is 20.7 Å². The molecule has 0 aromatic heterocycles. The topological polar surface area (TPSA) is 117 Å². The van der Waals surface area contributed by atoms with Gasteiger partial charge in [-0.1, -0.05) is 0 Å². The van der Waals surface area contributed by atoms with E-state index in [0.717, 1.165) is 12.8 Å². The Morgan fingerprint density at radius 3 is 2.56 bits per heavy atom. The minimum absolute atomic E-state index is 0. The molecule has 25 heavy (non-hydrogen) atoms. The molecule has 0 spiro atoms. The number of rotatable bonds is 5. The van der Waals surface area contributed by atoms with Crippen molar-refractivity contribution in [1.29, 1.82) is 0 Å². The SMILES string of the molecule is CCOC(=O)N1CCC(NC(N)=NCCN2CCCS2(=O)=O)CC1.I. The quantitative estimate of drug-likeness (QED) is 0.323. The Hall–Kier alpha value is -0.820. The zero-order valence-electron chi connectivity index (χ0n) is 14.5. The summed E-state index contributed by atoms with van der Waals surface area (Å²) < 4.78 is 29.8. The zero-order chi connectivity index (χ0) is 17.6. The van der Waals surface area contributed by atoms with Crippen molar-refractivity contribution in [3.8, 4) is 0 Å². The Morgan fingerprint density at radius 1 is 1.32 bits per heavy atom. The van der Waals surface area contributed by atoms with E-state index in [-0.39, 0.29) is 41.9 Å². The fourth-order valence-electron chi connectivity index (χ4n) is 2.90. The molecule has 0 bridgehead atoms. The molecule has 1 amide bonds. The molecule has 0 atom stereocenters. The Labute approximate surface area is 166 Å². The van der Waals surface area contributed by atoms with Gasteiger partial charge in [-0.15, -0.1) is 24.0 Å². The van der Waals surface area contributed by atoms with E-state index < -0.39 is 10.0 Å². The first-order valence-corrected chi connectivity index (χ1v) is 9.99. The number of halogens is 1. The number of piperidine rings is 1. The highest BCUT2D eigenvalue weighted by Crippen LogP contribution is 2.13. The summed E-state index contributed by atoms with van der Waals surface area (Å²) in [5, 5.41) is 3.14. The van der Waals surface area contributed by atoms with E-state index in [9.17, 15) is 13.2 Å². The van der Waals surface area contributed by atoms with E-state index in [1.54, 1.807) is 11.8 Å². The molecule has 9 nitrogen and oxygen atoms in total. The third-order valence-electron chi connectivity index (χ3n) is 4.21. The highest BCUT2D eigenvalue weighted by molar-refractivity contribution is 14.0. The second-order valence-corrected chi connectivity index (χ2v) is 8.03. The molecule has 2 saturated heterocycles. The van der Waals surface area contributed by atoms with Crippen LogP contribution in [0.2, 0.25) is 0 Å². The molecule has 146 valence electrons. The molecule has 2 aliphatic rings. The van der Waals surface area contributed by atoms with Crippen molar-refractivity contribution in [3.05, 3.63) is 0 Å². The summed E-state index contributed by atoms with van der Waals surface area (Å²) in [6.45, 7) is 4.69. The number of nitrogens with zero attached hydrogens (tertiary/aromatic N) is 3. The number of hydrogen-bond acceptors (Lipinski definition) is 5. The number of aliphatic imine (C=N–C) groups is 1. The largest absolute Gasteiger partial charge is 0.450 e. The van der Waals surface area contributed by atoms with Gasteiger partial charge in [0.05, 0.1) is 18.9 Å². The first-order valence-electron chi connectivity index (χ1n) is 8.38. The van der Waals surface area contributed by atoms with Crippen LogP contribution in [0.3, 0.4) is 0 Å². The molecule has 3 N–H and O–H groups in total. The average Bonchev–Trinajstić information content (AvgIpc) is 2.87. The molecule has 0 aromatic carbocycles. The third-order valence-corrected chi connectivity index (χ3v) is 6.16. The van der Waals surface area contributed by atoms with Gasteiger partial charge in [-0.2, -0.15) is 0 Å². The van der Waals surface area contributed by atoms with Crippen molar-refractivity contribution in [2.45, 2.75) is 32.2 Å². The molecule has 0 unspecified atom stereocenters. The van der Waals surface area contributed by atoms with Crippen LogP contribution in [0.15, 0.2) is 4.99 Å². The first kappa shape index (κ1) is 22.2. The molecule has 2 heterocycles. The standard InChI is InChI=1S/C14H27N5O4S.HI/c1-2-23-14(20)18-8-4-12(5-9-18)17-13(15)16-6-10-19-7-3-11-24(19,21)22;/h12H,2-11H2,1H3,(H3,15,16,17);1H. The van der Waals surface area contributed by atoms with Crippen LogP contribution in [0, 0.1) is 0 Å². The lowest BCUT2D eigenvalue weighted by molar-refractivity contribution is 0.0963. The molecule has 0 radical (unpaired) electrons. The van der Waals surface area contributed by atoms with Gasteiger partial charge in [0.2, 0.25) is 10.0 Å². The second kappa shape index (κ2) is 10.4. The summed E-state index contributed by atoms with van der Waals surface area (Å²) in [4.78, 5) is 17.5. The van der Waals surface area contributed by atoms with Crippen molar-refractivity contribution in [3.63, 3.8) is 0 Å². The van der Waals surface area contributed by atoms with Gasteiger partial charge in [0.1, 0.15) is 0 Å². The third kappa shape index (κ3) is 6.77. The maximum absolute atomic E-state index is 11.7. The minimum atomic E-state index is -3.08. The van der Waals surface area contributed by atoms with Gasteiger partial charge in [0, 0.05) is 32.2 Å². The van der Waals surface area contributed by atoms with Crippen LogP contribution in [0.5, 0.6) is 0 Å².